The number of rotatable bonds is 11. The zero-order chi connectivity index (χ0) is 31.6. The maximum Gasteiger partial charge on any atom is 0.408 e. The summed E-state index contributed by atoms with van der Waals surface area (Å²) in [7, 11) is 3.25. The second kappa shape index (κ2) is 12.6. The van der Waals surface area contributed by atoms with E-state index < -0.39 is 36.2 Å². The molecule has 44 heavy (non-hydrogen) atoms. The summed E-state index contributed by atoms with van der Waals surface area (Å²) in [5.74, 6) is -0.00197. The molecule has 0 aliphatic rings. The number of carbonyl (C=O) groups excluding carboxylic acids is 1. The predicted octanol–water partition coefficient (Wildman–Crippen LogP) is 4.62. The molecule has 0 N–H and O–H groups in total. The van der Waals surface area contributed by atoms with Crippen molar-refractivity contribution in [3.8, 4) is 22.3 Å². The van der Waals surface area contributed by atoms with Crippen molar-refractivity contribution in [2.24, 2.45) is 0 Å². The number of halogens is 5. The molecule has 0 saturated carbocycles. The summed E-state index contributed by atoms with van der Waals surface area (Å²) < 4.78 is 77.3. The van der Waals surface area contributed by atoms with Crippen LogP contribution in [0.4, 0.5) is 17.6 Å². The van der Waals surface area contributed by atoms with Crippen LogP contribution in [0.3, 0.4) is 0 Å². The molecule has 9 nitrogen and oxygen atoms in total. The molecule has 17 heteroatoms. The second-order valence-corrected chi connectivity index (χ2v) is 11.8. The summed E-state index contributed by atoms with van der Waals surface area (Å²) in [5, 5.41) is 3.03. The Morgan fingerprint density at radius 1 is 1.16 bits per heavy atom. The number of fused-ring (bicyclic) bond motifs is 1. The van der Waals surface area contributed by atoms with Gasteiger partial charge in [-0.15, -0.1) is 11.3 Å². The second-order valence-electron chi connectivity index (χ2n) is 9.98. The van der Waals surface area contributed by atoms with Crippen LogP contribution >= 0.6 is 27.3 Å². The van der Waals surface area contributed by atoms with Gasteiger partial charge in [-0.25, -0.2) is 14.8 Å². The number of nitrogens with zero attached hydrogens (tertiary/aromatic N) is 4. The molecule has 0 radical (unpaired) electrons. The summed E-state index contributed by atoms with van der Waals surface area (Å²) in [6.45, 7) is 0.471. The first-order valence-electron chi connectivity index (χ1n) is 13.2. The van der Waals surface area contributed by atoms with Crippen LogP contribution in [-0.2, 0) is 27.9 Å². The maximum absolute atomic E-state index is 13.6. The molecule has 0 saturated heterocycles. The van der Waals surface area contributed by atoms with E-state index in [1.807, 2.05) is 0 Å². The van der Waals surface area contributed by atoms with Crippen molar-refractivity contribution in [3.05, 3.63) is 76.7 Å². The molecule has 4 heterocycles. The number of aromatic nitrogens is 4. The van der Waals surface area contributed by atoms with Crippen molar-refractivity contribution < 1.29 is 41.0 Å². The molecule has 1 aromatic carbocycles. The summed E-state index contributed by atoms with van der Waals surface area (Å²) in [6, 6.07) is 10.2. The number of benzene rings is 1. The van der Waals surface area contributed by atoms with Crippen LogP contribution in [0.25, 0.3) is 20.9 Å². The summed E-state index contributed by atoms with van der Waals surface area (Å²) in [5.41, 5.74) is 0.739. The molecule has 0 unspecified atom stereocenters. The fourth-order valence-electron chi connectivity index (χ4n) is 4.54. The first-order valence-corrected chi connectivity index (χ1v) is 14.8. The van der Waals surface area contributed by atoms with Gasteiger partial charge in [0.1, 0.15) is 29.2 Å². The number of carbonyl (C=O) groups is 1. The van der Waals surface area contributed by atoms with Crippen molar-refractivity contribution in [2.75, 3.05) is 6.61 Å². The number of para-hydroxylation sites is 1. The molecule has 5 rings (SSSR count). The van der Waals surface area contributed by atoms with Gasteiger partial charge in [-0.05, 0) is 46.6 Å². The van der Waals surface area contributed by atoms with Crippen molar-refractivity contribution in [1.82, 2.24) is 19.7 Å². The van der Waals surface area contributed by atoms with E-state index in [1.54, 1.807) is 46.9 Å². The molecule has 0 spiro atoms. The van der Waals surface area contributed by atoms with Gasteiger partial charge in [0.15, 0.2) is 15.7 Å². The Morgan fingerprint density at radius 2 is 1.93 bits per heavy atom. The zero-order valence-electron chi connectivity index (χ0n) is 23.5. The van der Waals surface area contributed by atoms with Crippen LogP contribution in [0.5, 0.6) is 11.6 Å². The van der Waals surface area contributed by atoms with Gasteiger partial charge in [0.25, 0.3) is 6.01 Å². The minimum atomic E-state index is -4.47. The highest BCUT2D eigenvalue weighted by Gasteiger charge is 2.35. The SMILES string of the molecule is BC(B)(Oc1ccccc1C[C@H](Oc1ncnc2sc(-c3ccc(F)o3)c(Br)c12)C(=O)OCC)c1ccnn1CC(F)(F)F. The van der Waals surface area contributed by atoms with Crippen molar-refractivity contribution in [3.63, 3.8) is 0 Å². The van der Waals surface area contributed by atoms with Crippen LogP contribution in [0, 0.1) is 6.01 Å². The predicted molar refractivity (Wildman–Crippen MR) is 162 cm³/mol. The molecular formula is C27H23B2BrF4N4O5S. The Hall–Kier alpha value is -3.85. The fourth-order valence-corrected chi connectivity index (χ4v) is 6.45. The number of furan rings is 1. The van der Waals surface area contributed by atoms with E-state index in [9.17, 15) is 22.4 Å². The van der Waals surface area contributed by atoms with E-state index in [0.717, 1.165) is 4.68 Å². The maximum atomic E-state index is 13.6. The quantitative estimate of drug-likeness (QED) is 0.112. The lowest BCUT2D eigenvalue weighted by molar-refractivity contribution is -0.151. The van der Waals surface area contributed by atoms with Crippen LogP contribution in [0.1, 0.15) is 18.2 Å². The lowest BCUT2D eigenvalue weighted by Crippen LogP contribution is -2.38. The largest absolute Gasteiger partial charge is 0.499 e. The number of alkyl halides is 3. The molecule has 4 aromatic heterocycles. The van der Waals surface area contributed by atoms with Gasteiger partial charge >= 0.3 is 12.1 Å². The minimum absolute atomic E-state index is 0.0313. The minimum Gasteiger partial charge on any atom is -0.499 e. The van der Waals surface area contributed by atoms with Gasteiger partial charge in [0.05, 0.1) is 32.4 Å². The molecule has 0 bridgehead atoms. The standard InChI is InChI=1S/C27H23B2BrF4N4O5S/c1-2-40-25(39)17(42-23-20-21(30)22(16-7-8-19(31)41-16)44-24(20)36-13-35-23)11-14-5-3-4-6-15(14)43-27(28,29)18-9-10-37-38(18)12-26(32,33)34/h3-10,13,17H,2,11-12,28-29H2,1H3/t17-/m0/s1. The molecule has 0 aliphatic carbocycles. The lowest BCUT2D eigenvalue weighted by Gasteiger charge is -2.30. The normalized spacial score (nSPS) is 12.8. The Bertz CT molecular complexity index is 1800. The van der Waals surface area contributed by atoms with E-state index in [1.165, 1.54) is 42.1 Å². The summed E-state index contributed by atoms with van der Waals surface area (Å²) in [6.07, 6.45) is -3.15. The Balaban J connectivity index is 1.46. The molecule has 228 valence electrons. The van der Waals surface area contributed by atoms with E-state index >= 15 is 0 Å². The third kappa shape index (κ3) is 6.93. The van der Waals surface area contributed by atoms with Crippen molar-refractivity contribution >= 4 is 59.1 Å². The lowest BCUT2D eigenvalue weighted by atomic mass is 9.63. The average molecular weight is 693 g/mol. The van der Waals surface area contributed by atoms with Crippen molar-refractivity contribution in [2.45, 2.75) is 37.6 Å². The molecular weight excluding hydrogens is 670 g/mol. The third-order valence-corrected chi connectivity index (χ3v) is 8.57. The highest BCUT2D eigenvalue weighted by Crippen LogP contribution is 2.45. The van der Waals surface area contributed by atoms with Gasteiger partial charge in [0.2, 0.25) is 12.0 Å². The number of hydrogen-bond acceptors (Lipinski definition) is 9. The van der Waals surface area contributed by atoms with Crippen LogP contribution in [0.2, 0.25) is 0 Å². The summed E-state index contributed by atoms with van der Waals surface area (Å²) >= 11 is 4.73. The van der Waals surface area contributed by atoms with E-state index in [2.05, 4.69) is 31.0 Å². The van der Waals surface area contributed by atoms with Gasteiger partial charge in [-0.2, -0.15) is 22.7 Å². The number of esters is 1. The van der Waals surface area contributed by atoms with Gasteiger partial charge in [-0.3, -0.25) is 4.68 Å². The van der Waals surface area contributed by atoms with E-state index in [0.29, 0.717) is 30.9 Å². The van der Waals surface area contributed by atoms with E-state index in [4.69, 9.17) is 18.6 Å². The fraction of sp³-hybridized carbons (Fsp3) is 0.259. The van der Waals surface area contributed by atoms with Crippen LogP contribution in [-0.4, -0.2) is 60.3 Å². The smallest absolute Gasteiger partial charge is 0.408 e. The van der Waals surface area contributed by atoms with Gasteiger partial charge in [0, 0.05) is 18.7 Å². The Labute approximate surface area is 262 Å². The third-order valence-electron chi connectivity index (χ3n) is 6.40. The first-order chi connectivity index (χ1) is 20.9. The Kier molecular flexibility index (Phi) is 9.07. The highest BCUT2D eigenvalue weighted by molar-refractivity contribution is 9.10. The van der Waals surface area contributed by atoms with Crippen molar-refractivity contribution in [1.29, 1.82) is 0 Å². The molecule has 5 aromatic rings. The Morgan fingerprint density at radius 3 is 2.64 bits per heavy atom. The van der Waals surface area contributed by atoms with Crippen LogP contribution < -0.4 is 9.47 Å². The van der Waals surface area contributed by atoms with E-state index in [-0.39, 0.29) is 30.4 Å². The molecule has 0 amide bonds. The first kappa shape index (κ1) is 31.6. The topological polar surface area (TPSA) is 102 Å². The average Bonchev–Trinajstić information content (AvgIpc) is 3.68. The molecule has 0 fully saturated rings. The van der Waals surface area contributed by atoms with Gasteiger partial charge < -0.3 is 18.6 Å². The number of hydrogen-bond donors (Lipinski definition) is 0. The molecule has 0 aliphatic heterocycles. The number of thiophene rings is 1. The van der Waals surface area contributed by atoms with Gasteiger partial charge in [-0.1, -0.05) is 18.2 Å². The number of ether oxygens (including phenoxy) is 3. The molecule has 1 atom stereocenters. The summed E-state index contributed by atoms with van der Waals surface area (Å²) in [4.78, 5) is 22.7. The van der Waals surface area contributed by atoms with Crippen LogP contribution in [0.15, 0.2) is 63.9 Å². The highest BCUT2D eigenvalue weighted by atomic mass is 79.9. The zero-order valence-corrected chi connectivity index (χ0v) is 25.9. The monoisotopic (exact) mass is 692 g/mol.